The van der Waals surface area contributed by atoms with Crippen LogP contribution in [0.1, 0.15) is 30.0 Å². The van der Waals surface area contributed by atoms with E-state index in [1.807, 2.05) is 18.3 Å². The van der Waals surface area contributed by atoms with Crippen molar-refractivity contribution >= 4 is 0 Å². The summed E-state index contributed by atoms with van der Waals surface area (Å²) in [5.41, 5.74) is 8.86. The van der Waals surface area contributed by atoms with Gasteiger partial charge in [0, 0.05) is 42.2 Å². The van der Waals surface area contributed by atoms with Crippen LogP contribution in [0.15, 0.2) is 30.7 Å². The summed E-state index contributed by atoms with van der Waals surface area (Å²) in [6.07, 6.45) is 7.82. The van der Waals surface area contributed by atoms with Crippen molar-refractivity contribution in [3.8, 4) is 11.4 Å². The Kier molecular flexibility index (Phi) is 2.57. The summed E-state index contributed by atoms with van der Waals surface area (Å²) < 4.78 is 0. The van der Waals surface area contributed by atoms with Crippen LogP contribution in [0.4, 0.5) is 0 Å². The summed E-state index contributed by atoms with van der Waals surface area (Å²) in [5, 5.41) is 0. The molecule has 0 atom stereocenters. The van der Waals surface area contributed by atoms with Gasteiger partial charge in [-0.3, -0.25) is 4.98 Å². The summed E-state index contributed by atoms with van der Waals surface area (Å²) in [7, 11) is 0. The van der Waals surface area contributed by atoms with Crippen molar-refractivity contribution in [2.45, 2.75) is 25.3 Å². The Balaban J connectivity index is 2.04. The van der Waals surface area contributed by atoms with E-state index in [0.717, 1.165) is 22.6 Å². The van der Waals surface area contributed by atoms with Crippen LogP contribution in [0.25, 0.3) is 11.4 Å². The second kappa shape index (κ2) is 4.22. The first kappa shape index (κ1) is 10.4. The summed E-state index contributed by atoms with van der Waals surface area (Å²) in [5.74, 6) is 1.34. The SMILES string of the molecule is NCc1cnc(-c2cccnc2)nc1C1CC1. The number of aromatic nitrogens is 3. The average Bonchev–Trinajstić information content (AvgIpc) is 3.23. The van der Waals surface area contributed by atoms with Gasteiger partial charge in [-0.25, -0.2) is 9.97 Å². The van der Waals surface area contributed by atoms with Crippen LogP contribution in [0.3, 0.4) is 0 Å². The van der Waals surface area contributed by atoms with E-state index in [9.17, 15) is 0 Å². The molecule has 4 heteroatoms. The van der Waals surface area contributed by atoms with Gasteiger partial charge in [-0.15, -0.1) is 0 Å². The Morgan fingerprint density at radius 2 is 2.18 bits per heavy atom. The van der Waals surface area contributed by atoms with Gasteiger partial charge in [0.05, 0.1) is 5.69 Å². The monoisotopic (exact) mass is 226 g/mol. The van der Waals surface area contributed by atoms with Crippen molar-refractivity contribution in [2.24, 2.45) is 5.73 Å². The minimum atomic E-state index is 0.513. The molecule has 1 saturated carbocycles. The number of nitrogens with zero attached hydrogens (tertiary/aromatic N) is 3. The van der Waals surface area contributed by atoms with E-state index in [1.54, 1.807) is 12.4 Å². The van der Waals surface area contributed by atoms with Crippen molar-refractivity contribution in [3.63, 3.8) is 0 Å². The third-order valence-electron chi connectivity index (χ3n) is 3.00. The maximum absolute atomic E-state index is 5.71. The molecule has 86 valence electrons. The number of pyridine rings is 1. The lowest BCUT2D eigenvalue weighted by molar-refractivity contribution is 0.910. The summed E-state index contributed by atoms with van der Waals surface area (Å²) in [6.45, 7) is 0.513. The van der Waals surface area contributed by atoms with Crippen molar-refractivity contribution in [1.29, 1.82) is 0 Å². The standard InChI is InChI=1S/C13H14N4/c14-6-11-8-16-13(10-2-1-5-15-7-10)17-12(11)9-3-4-9/h1-2,5,7-9H,3-4,6,14H2. The zero-order valence-electron chi connectivity index (χ0n) is 9.50. The molecule has 0 radical (unpaired) electrons. The highest BCUT2D eigenvalue weighted by atomic mass is 14.9. The quantitative estimate of drug-likeness (QED) is 0.867. The van der Waals surface area contributed by atoms with Gasteiger partial charge in [0.15, 0.2) is 5.82 Å². The van der Waals surface area contributed by atoms with E-state index < -0.39 is 0 Å². The summed E-state index contributed by atoms with van der Waals surface area (Å²) in [4.78, 5) is 13.1. The topological polar surface area (TPSA) is 64.7 Å². The average molecular weight is 226 g/mol. The van der Waals surface area contributed by atoms with Crippen LogP contribution in [0.2, 0.25) is 0 Å². The molecular weight excluding hydrogens is 212 g/mol. The molecule has 17 heavy (non-hydrogen) atoms. The lowest BCUT2D eigenvalue weighted by atomic mass is 10.1. The van der Waals surface area contributed by atoms with Crippen LogP contribution in [-0.4, -0.2) is 15.0 Å². The first-order valence-electron chi connectivity index (χ1n) is 5.85. The predicted molar refractivity (Wildman–Crippen MR) is 65.1 cm³/mol. The second-order valence-electron chi connectivity index (χ2n) is 4.32. The molecular formula is C13H14N4. The molecule has 2 N–H and O–H groups in total. The molecule has 2 aromatic heterocycles. The molecule has 0 aliphatic heterocycles. The fourth-order valence-corrected chi connectivity index (χ4v) is 1.92. The van der Waals surface area contributed by atoms with Crippen molar-refractivity contribution < 1.29 is 0 Å². The first-order chi connectivity index (χ1) is 8.38. The van der Waals surface area contributed by atoms with Gasteiger partial charge in [0.1, 0.15) is 0 Å². The molecule has 0 bridgehead atoms. The van der Waals surface area contributed by atoms with E-state index >= 15 is 0 Å². The summed E-state index contributed by atoms with van der Waals surface area (Å²) >= 11 is 0. The minimum absolute atomic E-state index is 0.513. The summed E-state index contributed by atoms with van der Waals surface area (Å²) in [6, 6.07) is 3.87. The Morgan fingerprint density at radius 3 is 2.82 bits per heavy atom. The highest BCUT2D eigenvalue weighted by Crippen LogP contribution is 2.40. The Labute approximate surface area is 99.9 Å². The Hall–Kier alpha value is -1.81. The molecule has 0 spiro atoms. The zero-order chi connectivity index (χ0) is 11.7. The lowest BCUT2D eigenvalue weighted by Crippen LogP contribution is -2.05. The fourth-order valence-electron chi connectivity index (χ4n) is 1.92. The van der Waals surface area contributed by atoms with Crippen LogP contribution >= 0.6 is 0 Å². The van der Waals surface area contributed by atoms with Gasteiger partial charge in [0.2, 0.25) is 0 Å². The zero-order valence-corrected chi connectivity index (χ0v) is 9.50. The van der Waals surface area contributed by atoms with Gasteiger partial charge in [-0.1, -0.05) is 0 Å². The van der Waals surface area contributed by atoms with Gasteiger partial charge < -0.3 is 5.73 Å². The molecule has 1 aliphatic carbocycles. The second-order valence-corrected chi connectivity index (χ2v) is 4.32. The first-order valence-corrected chi connectivity index (χ1v) is 5.85. The van der Waals surface area contributed by atoms with Crippen LogP contribution in [0, 0.1) is 0 Å². The van der Waals surface area contributed by atoms with E-state index in [0.29, 0.717) is 12.5 Å². The molecule has 1 aliphatic rings. The number of rotatable bonds is 3. The van der Waals surface area contributed by atoms with E-state index in [1.165, 1.54) is 12.8 Å². The van der Waals surface area contributed by atoms with E-state index in [4.69, 9.17) is 5.73 Å². The van der Waals surface area contributed by atoms with Gasteiger partial charge in [0.25, 0.3) is 0 Å². The maximum Gasteiger partial charge on any atom is 0.160 e. The Bertz CT molecular complexity index is 520. The molecule has 2 heterocycles. The van der Waals surface area contributed by atoms with Gasteiger partial charge in [-0.2, -0.15) is 0 Å². The van der Waals surface area contributed by atoms with Gasteiger partial charge in [-0.05, 0) is 25.0 Å². The van der Waals surface area contributed by atoms with E-state index in [2.05, 4.69) is 15.0 Å². The highest BCUT2D eigenvalue weighted by Gasteiger charge is 2.27. The van der Waals surface area contributed by atoms with Crippen molar-refractivity contribution in [2.75, 3.05) is 0 Å². The smallest absolute Gasteiger partial charge is 0.160 e. The number of nitrogens with two attached hydrogens (primary N) is 1. The van der Waals surface area contributed by atoms with Crippen LogP contribution < -0.4 is 5.73 Å². The highest BCUT2D eigenvalue weighted by molar-refractivity contribution is 5.53. The van der Waals surface area contributed by atoms with Gasteiger partial charge >= 0.3 is 0 Å². The molecule has 4 nitrogen and oxygen atoms in total. The predicted octanol–water partition coefficient (Wildman–Crippen LogP) is 1.87. The van der Waals surface area contributed by atoms with E-state index in [-0.39, 0.29) is 0 Å². The molecule has 3 rings (SSSR count). The molecule has 0 unspecified atom stereocenters. The van der Waals surface area contributed by atoms with Crippen molar-refractivity contribution in [1.82, 2.24) is 15.0 Å². The Morgan fingerprint density at radius 1 is 1.29 bits per heavy atom. The number of hydrogen-bond acceptors (Lipinski definition) is 4. The maximum atomic E-state index is 5.71. The van der Waals surface area contributed by atoms with Crippen LogP contribution in [-0.2, 0) is 6.54 Å². The normalized spacial score (nSPS) is 14.9. The lowest BCUT2D eigenvalue weighted by Gasteiger charge is -2.07. The molecule has 0 amide bonds. The molecule has 0 saturated heterocycles. The third kappa shape index (κ3) is 2.03. The largest absolute Gasteiger partial charge is 0.326 e. The number of hydrogen-bond donors (Lipinski definition) is 1. The van der Waals surface area contributed by atoms with Crippen LogP contribution in [0.5, 0.6) is 0 Å². The minimum Gasteiger partial charge on any atom is -0.326 e. The molecule has 1 fully saturated rings. The molecule has 2 aromatic rings. The molecule has 0 aromatic carbocycles. The third-order valence-corrected chi connectivity index (χ3v) is 3.00. The van der Waals surface area contributed by atoms with Crippen molar-refractivity contribution in [3.05, 3.63) is 42.0 Å². The fraction of sp³-hybridized carbons (Fsp3) is 0.308.